The minimum absolute atomic E-state index is 0.747. The van der Waals surface area contributed by atoms with Gasteiger partial charge in [0.05, 0.1) is 0 Å². The van der Waals surface area contributed by atoms with Crippen molar-refractivity contribution in [2.75, 3.05) is 7.05 Å². The molecule has 0 saturated carbocycles. The fourth-order valence-electron chi connectivity index (χ4n) is 1.77. The number of hydrogen-bond donors (Lipinski definition) is 1. The molecule has 0 atom stereocenters. The van der Waals surface area contributed by atoms with Gasteiger partial charge in [-0.25, -0.2) is 0 Å². The Morgan fingerprint density at radius 3 is 2.68 bits per heavy atom. The Balaban J connectivity index is 2.30. The molecule has 2 rings (SSSR count). The quantitative estimate of drug-likeness (QED) is 0.852. The average Bonchev–Trinajstić information content (AvgIpc) is 2.37. The van der Waals surface area contributed by atoms with Crippen LogP contribution in [0.25, 0.3) is 0 Å². The molecule has 0 aliphatic rings. The van der Waals surface area contributed by atoms with E-state index in [-0.39, 0.29) is 0 Å². The molecule has 4 heteroatoms. The zero-order valence-corrected chi connectivity index (χ0v) is 13.2. The van der Waals surface area contributed by atoms with Crippen LogP contribution in [0, 0.1) is 6.92 Å². The molecule has 2 nitrogen and oxygen atoms in total. The maximum atomic E-state index is 6.02. The number of nitrogens with one attached hydrogen (secondary N) is 1. The summed E-state index contributed by atoms with van der Waals surface area (Å²) in [6.07, 6.45) is 0. The maximum absolute atomic E-state index is 6.02. The number of benzene rings is 2. The van der Waals surface area contributed by atoms with E-state index in [1.54, 1.807) is 0 Å². The van der Waals surface area contributed by atoms with Crippen molar-refractivity contribution >= 4 is 27.5 Å². The van der Waals surface area contributed by atoms with E-state index in [1.165, 1.54) is 0 Å². The first-order chi connectivity index (χ1) is 9.10. The summed E-state index contributed by atoms with van der Waals surface area (Å²) in [5, 5.41) is 3.88. The SMILES string of the molecule is CNCc1ccc(Br)cc1Oc1ccc(Cl)c(C)c1. The van der Waals surface area contributed by atoms with Gasteiger partial charge in [-0.1, -0.05) is 33.6 Å². The van der Waals surface area contributed by atoms with Gasteiger partial charge in [0, 0.05) is 21.6 Å². The van der Waals surface area contributed by atoms with Crippen LogP contribution in [0.15, 0.2) is 40.9 Å². The van der Waals surface area contributed by atoms with E-state index in [0.29, 0.717) is 0 Å². The van der Waals surface area contributed by atoms with E-state index < -0.39 is 0 Å². The normalized spacial score (nSPS) is 10.5. The highest BCUT2D eigenvalue weighted by molar-refractivity contribution is 9.10. The summed E-state index contributed by atoms with van der Waals surface area (Å²) < 4.78 is 6.94. The Labute approximate surface area is 126 Å². The van der Waals surface area contributed by atoms with Crippen LogP contribution in [0.4, 0.5) is 0 Å². The third-order valence-electron chi connectivity index (χ3n) is 2.75. The van der Waals surface area contributed by atoms with E-state index in [4.69, 9.17) is 16.3 Å². The number of halogens is 2. The highest BCUT2D eigenvalue weighted by Crippen LogP contribution is 2.30. The molecule has 0 radical (unpaired) electrons. The molecular formula is C15H15BrClNO. The molecule has 0 saturated heterocycles. The molecular weight excluding hydrogens is 326 g/mol. The van der Waals surface area contributed by atoms with E-state index in [2.05, 4.69) is 21.2 Å². The minimum Gasteiger partial charge on any atom is -0.457 e. The molecule has 0 bridgehead atoms. The van der Waals surface area contributed by atoms with Crippen molar-refractivity contribution in [3.8, 4) is 11.5 Å². The molecule has 0 aromatic heterocycles. The summed E-state index contributed by atoms with van der Waals surface area (Å²) >= 11 is 9.48. The molecule has 0 spiro atoms. The summed E-state index contributed by atoms with van der Waals surface area (Å²) in [7, 11) is 1.91. The van der Waals surface area contributed by atoms with Crippen LogP contribution in [-0.4, -0.2) is 7.05 Å². The third-order valence-corrected chi connectivity index (χ3v) is 3.67. The van der Waals surface area contributed by atoms with Crippen LogP contribution in [0.3, 0.4) is 0 Å². The predicted octanol–water partition coefficient (Wildman–Crippen LogP) is 4.92. The Morgan fingerprint density at radius 2 is 2.00 bits per heavy atom. The van der Waals surface area contributed by atoms with Gasteiger partial charge >= 0.3 is 0 Å². The summed E-state index contributed by atoms with van der Waals surface area (Å²) in [5.41, 5.74) is 2.11. The summed E-state index contributed by atoms with van der Waals surface area (Å²) in [4.78, 5) is 0. The Bertz CT molecular complexity index is 586. The molecule has 1 N–H and O–H groups in total. The number of ether oxygens (including phenoxy) is 1. The largest absolute Gasteiger partial charge is 0.457 e. The van der Waals surface area contributed by atoms with Crippen LogP contribution < -0.4 is 10.1 Å². The molecule has 2 aromatic carbocycles. The summed E-state index contributed by atoms with van der Waals surface area (Å²) in [6, 6.07) is 11.7. The van der Waals surface area contributed by atoms with Crippen LogP contribution in [0.2, 0.25) is 5.02 Å². The molecule has 0 aliphatic carbocycles. The summed E-state index contributed by atoms with van der Waals surface area (Å²) in [6.45, 7) is 2.72. The molecule has 0 aliphatic heterocycles. The number of aryl methyl sites for hydroxylation is 1. The lowest BCUT2D eigenvalue weighted by molar-refractivity contribution is 0.473. The Kier molecular flexibility index (Phi) is 4.86. The first-order valence-electron chi connectivity index (χ1n) is 5.97. The fraction of sp³-hybridized carbons (Fsp3) is 0.200. The molecule has 0 heterocycles. The summed E-state index contributed by atoms with van der Waals surface area (Å²) in [5.74, 6) is 1.63. The van der Waals surface area contributed by atoms with Crippen LogP contribution >= 0.6 is 27.5 Å². The van der Waals surface area contributed by atoms with Crippen molar-refractivity contribution < 1.29 is 4.74 Å². The van der Waals surface area contributed by atoms with E-state index in [9.17, 15) is 0 Å². The van der Waals surface area contributed by atoms with Crippen LogP contribution in [0.5, 0.6) is 11.5 Å². The van der Waals surface area contributed by atoms with Gasteiger partial charge in [0.25, 0.3) is 0 Å². The lowest BCUT2D eigenvalue weighted by Crippen LogP contribution is -2.06. The van der Waals surface area contributed by atoms with Crippen molar-refractivity contribution in [1.82, 2.24) is 5.32 Å². The third kappa shape index (κ3) is 3.72. The van der Waals surface area contributed by atoms with Gasteiger partial charge in [-0.15, -0.1) is 0 Å². The molecule has 100 valence electrons. The maximum Gasteiger partial charge on any atom is 0.133 e. The van der Waals surface area contributed by atoms with E-state index in [1.807, 2.05) is 50.4 Å². The molecule has 0 unspecified atom stereocenters. The van der Waals surface area contributed by atoms with Gasteiger partial charge in [0.15, 0.2) is 0 Å². The number of rotatable bonds is 4. The number of hydrogen-bond acceptors (Lipinski definition) is 2. The smallest absolute Gasteiger partial charge is 0.133 e. The zero-order chi connectivity index (χ0) is 13.8. The second-order valence-corrected chi connectivity index (χ2v) is 5.62. The van der Waals surface area contributed by atoms with Crippen LogP contribution in [-0.2, 0) is 6.54 Å². The second kappa shape index (κ2) is 6.42. The minimum atomic E-state index is 0.747. The zero-order valence-electron chi connectivity index (χ0n) is 10.8. The standard InChI is InChI=1S/C15H15BrClNO/c1-10-7-13(5-6-14(10)17)19-15-8-12(16)4-3-11(15)9-18-2/h3-8,18H,9H2,1-2H3. The van der Waals surface area contributed by atoms with E-state index >= 15 is 0 Å². The first-order valence-corrected chi connectivity index (χ1v) is 7.14. The van der Waals surface area contributed by atoms with Crippen molar-refractivity contribution in [1.29, 1.82) is 0 Å². The molecule has 0 amide bonds. The van der Waals surface area contributed by atoms with Crippen molar-refractivity contribution in [3.63, 3.8) is 0 Å². The van der Waals surface area contributed by atoms with Gasteiger partial charge in [0.2, 0.25) is 0 Å². The van der Waals surface area contributed by atoms with Crippen molar-refractivity contribution in [2.45, 2.75) is 13.5 Å². The second-order valence-electron chi connectivity index (χ2n) is 4.30. The predicted molar refractivity (Wildman–Crippen MR) is 83.2 cm³/mol. The van der Waals surface area contributed by atoms with Gasteiger partial charge in [0.1, 0.15) is 11.5 Å². The van der Waals surface area contributed by atoms with Crippen molar-refractivity contribution in [3.05, 3.63) is 57.0 Å². The first kappa shape index (κ1) is 14.4. The molecule has 0 fully saturated rings. The topological polar surface area (TPSA) is 21.3 Å². The fourth-order valence-corrected chi connectivity index (χ4v) is 2.23. The lowest BCUT2D eigenvalue weighted by atomic mass is 10.2. The van der Waals surface area contributed by atoms with Crippen molar-refractivity contribution in [2.24, 2.45) is 0 Å². The van der Waals surface area contributed by atoms with Gasteiger partial charge in [-0.2, -0.15) is 0 Å². The lowest BCUT2D eigenvalue weighted by Gasteiger charge is -2.12. The Morgan fingerprint density at radius 1 is 1.21 bits per heavy atom. The Hall–Kier alpha value is -1.03. The van der Waals surface area contributed by atoms with Gasteiger partial charge in [-0.05, 0) is 49.9 Å². The van der Waals surface area contributed by atoms with Crippen LogP contribution in [0.1, 0.15) is 11.1 Å². The highest BCUT2D eigenvalue weighted by Gasteiger charge is 2.06. The van der Waals surface area contributed by atoms with E-state index in [0.717, 1.165) is 38.7 Å². The van der Waals surface area contributed by atoms with Gasteiger partial charge < -0.3 is 10.1 Å². The highest BCUT2D eigenvalue weighted by atomic mass is 79.9. The molecule has 2 aromatic rings. The monoisotopic (exact) mass is 339 g/mol. The van der Waals surface area contributed by atoms with Gasteiger partial charge in [-0.3, -0.25) is 0 Å². The molecule has 19 heavy (non-hydrogen) atoms. The average molecular weight is 341 g/mol.